The molecule has 132 valence electrons. The van der Waals surface area contributed by atoms with Gasteiger partial charge in [-0.15, -0.1) is 0 Å². The Balaban J connectivity index is 1.70. The van der Waals surface area contributed by atoms with Crippen LogP contribution in [0.4, 0.5) is 4.39 Å². The van der Waals surface area contributed by atoms with Gasteiger partial charge in [-0.1, -0.05) is 6.07 Å². The van der Waals surface area contributed by atoms with E-state index in [4.69, 9.17) is 5.11 Å². The van der Waals surface area contributed by atoms with E-state index in [2.05, 4.69) is 15.2 Å². The Kier molecular flexibility index (Phi) is 4.10. The van der Waals surface area contributed by atoms with Gasteiger partial charge in [0.2, 0.25) is 0 Å². The average Bonchev–Trinajstić information content (AvgIpc) is 3.25. The summed E-state index contributed by atoms with van der Waals surface area (Å²) in [5.74, 6) is -0.578. The average molecular weight is 353 g/mol. The summed E-state index contributed by atoms with van der Waals surface area (Å²) in [6.07, 6.45) is 5.45. The molecule has 0 unspecified atom stereocenters. The van der Waals surface area contributed by atoms with Crippen LogP contribution in [0.1, 0.15) is 11.3 Å². The predicted octanol–water partition coefficient (Wildman–Crippen LogP) is 2.02. The number of imidazole rings is 1. The van der Waals surface area contributed by atoms with Crippen LogP contribution in [0.5, 0.6) is 5.75 Å². The zero-order chi connectivity index (χ0) is 18.1. The summed E-state index contributed by atoms with van der Waals surface area (Å²) in [7, 11) is 0. The summed E-state index contributed by atoms with van der Waals surface area (Å²) in [5.41, 5.74) is 3.36. The highest BCUT2D eigenvalue weighted by atomic mass is 19.1. The van der Waals surface area contributed by atoms with E-state index in [1.165, 1.54) is 6.07 Å². The van der Waals surface area contributed by atoms with Crippen LogP contribution < -0.4 is 0 Å². The molecule has 0 spiro atoms. The van der Waals surface area contributed by atoms with Crippen LogP contribution in [-0.4, -0.2) is 41.2 Å². The molecule has 0 saturated heterocycles. The Morgan fingerprint density at radius 3 is 2.81 bits per heavy atom. The SMILES string of the molecule is OCCn1cc(-c2ccc3ncc(Cc4ccc(O)cc4F)n3n2)cn1. The van der Waals surface area contributed by atoms with Crippen LogP contribution in [0.2, 0.25) is 0 Å². The molecule has 26 heavy (non-hydrogen) atoms. The van der Waals surface area contributed by atoms with Gasteiger partial charge in [0, 0.05) is 24.2 Å². The molecule has 0 aliphatic rings. The lowest BCUT2D eigenvalue weighted by Crippen LogP contribution is -2.02. The maximum atomic E-state index is 14.0. The van der Waals surface area contributed by atoms with Gasteiger partial charge in [0.05, 0.1) is 36.9 Å². The Morgan fingerprint density at radius 2 is 2.00 bits per heavy atom. The molecule has 0 aliphatic carbocycles. The highest BCUT2D eigenvalue weighted by Gasteiger charge is 2.11. The largest absolute Gasteiger partial charge is 0.508 e. The molecule has 1 aromatic carbocycles. The molecule has 0 saturated carbocycles. The van der Waals surface area contributed by atoms with E-state index in [0.717, 1.165) is 17.3 Å². The lowest BCUT2D eigenvalue weighted by Gasteiger charge is -2.05. The molecule has 0 radical (unpaired) electrons. The number of aromatic nitrogens is 5. The first-order valence-corrected chi connectivity index (χ1v) is 8.09. The molecule has 3 heterocycles. The third-order valence-corrected chi connectivity index (χ3v) is 4.10. The first-order valence-electron chi connectivity index (χ1n) is 8.09. The third kappa shape index (κ3) is 3.02. The fourth-order valence-corrected chi connectivity index (χ4v) is 2.79. The summed E-state index contributed by atoms with van der Waals surface area (Å²) in [4.78, 5) is 4.31. The number of benzene rings is 1. The quantitative estimate of drug-likeness (QED) is 0.573. The molecule has 4 rings (SSSR count). The molecule has 3 aromatic heterocycles. The van der Waals surface area contributed by atoms with Crippen LogP contribution in [0.3, 0.4) is 0 Å². The summed E-state index contributed by atoms with van der Waals surface area (Å²) in [6.45, 7) is 0.427. The molecule has 0 atom stereocenters. The minimum Gasteiger partial charge on any atom is -0.508 e. The number of halogens is 1. The van der Waals surface area contributed by atoms with Gasteiger partial charge in [0.25, 0.3) is 0 Å². The minimum absolute atomic E-state index is 0.0114. The summed E-state index contributed by atoms with van der Waals surface area (Å²) >= 11 is 0. The first kappa shape index (κ1) is 16.2. The van der Waals surface area contributed by atoms with Crippen molar-refractivity contribution in [2.24, 2.45) is 0 Å². The minimum atomic E-state index is -0.471. The third-order valence-electron chi connectivity index (χ3n) is 4.10. The van der Waals surface area contributed by atoms with Crippen LogP contribution in [0.25, 0.3) is 16.9 Å². The second kappa shape index (κ2) is 6.57. The Labute approximate surface area is 148 Å². The molecular formula is C18H16FN5O2. The van der Waals surface area contributed by atoms with Gasteiger partial charge in [-0.2, -0.15) is 10.2 Å². The van der Waals surface area contributed by atoms with Crippen molar-refractivity contribution in [2.75, 3.05) is 6.61 Å². The van der Waals surface area contributed by atoms with E-state index in [1.54, 1.807) is 33.9 Å². The van der Waals surface area contributed by atoms with Crippen molar-refractivity contribution >= 4 is 5.65 Å². The summed E-state index contributed by atoms with van der Waals surface area (Å²) in [6, 6.07) is 7.77. The molecule has 8 heteroatoms. The van der Waals surface area contributed by atoms with Crippen LogP contribution in [0, 0.1) is 5.82 Å². The highest BCUT2D eigenvalue weighted by Crippen LogP contribution is 2.21. The number of hydrogen-bond acceptors (Lipinski definition) is 5. The number of nitrogens with zero attached hydrogens (tertiary/aromatic N) is 5. The molecule has 0 amide bonds. The van der Waals surface area contributed by atoms with Crippen molar-refractivity contribution < 1.29 is 14.6 Å². The zero-order valence-corrected chi connectivity index (χ0v) is 13.7. The van der Waals surface area contributed by atoms with Gasteiger partial charge in [0.15, 0.2) is 5.65 Å². The maximum absolute atomic E-state index is 14.0. The van der Waals surface area contributed by atoms with Crippen molar-refractivity contribution in [3.63, 3.8) is 0 Å². The fraction of sp³-hybridized carbons (Fsp3) is 0.167. The Hall–Kier alpha value is -3.26. The van der Waals surface area contributed by atoms with Gasteiger partial charge in [-0.3, -0.25) is 4.68 Å². The molecule has 0 fully saturated rings. The maximum Gasteiger partial charge on any atom is 0.153 e. The summed E-state index contributed by atoms with van der Waals surface area (Å²) in [5, 5.41) is 27.1. The van der Waals surface area contributed by atoms with E-state index in [0.29, 0.717) is 29.9 Å². The summed E-state index contributed by atoms with van der Waals surface area (Å²) < 4.78 is 17.3. The smallest absolute Gasteiger partial charge is 0.153 e. The van der Waals surface area contributed by atoms with Crippen LogP contribution in [0.15, 0.2) is 48.9 Å². The lowest BCUT2D eigenvalue weighted by atomic mass is 10.1. The van der Waals surface area contributed by atoms with Crippen LogP contribution >= 0.6 is 0 Å². The highest BCUT2D eigenvalue weighted by molar-refractivity contribution is 5.58. The number of aliphatic hydroxyl groups excluding tert-OH is 1. The number of aliphatic hydroxyl groups is 1. The topological polar surface area (TPSA) is 88.5 Å². The number of phenolic OH excluding ortho intramolecular Hbond substituents is 1. The molecule has 7 nitrogen and oxygen atoms in total. The Morgan fingerprint density at radius 1 is 1.12 bits per heavy atom. The second-order valence-electron chi connectivity index (χ2n) is 5.91. The fourth-order valence-electron chi connectivity index (χ4n) is 2.79. The van der Waals surface area contributed by atoms with Gasteiger partial charge in [0.1, 0.15) is 11.6 Å². The Bertz CT molecular complexity index is 1070. The standard InChI is InChI=1S/C18H16FN5O2/c19-16-8-15(26)2-1-12(16)7-14-10-20-18-4-3-17(22-24(14)18)13-9-21-23(11-13)5-6-25/h1-4,8-11,25-26H,5-7H2. The predicted molar refractivity (Wildman–Crippen MR) is 92.2 cm³/mol. The number of phenols is 1. The number of fused-ring (bicyclic) bond motifs is 1. The number of aromatic hydroxyl groups is 1. The lowest BCUT2D eigenvalue weighted by molar-refractivity contribution is 0.269. The molecule has 0 aliphatic heterocycles. The van der Waals surface area contributed by atoms with Crippen molar-refractivity contribution in [3.8, 4) is 17.0 Å². The van der Waals surface area contributed by atoms with E-state index in [-0.39, 0.29) is 12.4 Å². The monoisotopic (exact) mass is 353 g/mol. The van der Waals surface area contributed by atoms with E-state index in [1.807, 2.05) is 12.1 Å². The zero-order valence-electron chi connectivity index (χ0n) is 13.7. The van der Waals surface area contributed by atoms with Crippen molar-refractivity contribution in [3.05, 3.63) is 66.0 Å². The molecule has 4 aromatic rings. The first-order chi connectivity index (χ1) is 12.6. The van der Waals surface area contributed by atoms with Gasteiger partial charge < -0.3 is 10.2 Å². The van der Waals surface area contributed by atoms with Crippen molar-refractivity contribution in [1.82, 2.24) is 24.4 Å². The number of hydrogen-bond donors (Lipinski definition) is 2. The van der Waals surface area contributed by atoms with Gasteiger partial charge >= 0.3 is 0 Å². The van der Waals surface area contributed by atoms with E-state index >= 15 is 0 Å². The van der Waals surface area contributed by atoms with Crippen molar-refractivity contribution in [2.45, 2.75) is 13.0 Å². The normalized spacial score (nSPS) is 11.3. The van der Waals surface area contributed by atoms with Gasteiger partial charge in [-0.05, 0) is 23.8 Å². The number of rotatable bonds is 5. The molecular weight excluding hydrogens is 337 g/mol. The molecule has 0 bridgehead atoms. The second-order valence-corrected chi connectivity index (χ2v) is 5.91. The van der Waals surface area contributed by atoms with E-state index in [9.17, 15) is 9.50 Å². The van der Waals surface area contributed by atoms with Gasteiger partial charge in [-0.25, -0.2) is 13.9 Å². The van der Waals surface area contributed by atoms with E-state index < -0.39 is 5.82 Å². The van der Waals surface area contributed by atoms with Crippen molar-refractivity contribution in [1.29, 1.82) is 0 Å². The molecule has 2 N–H and O–H groups in total. The van der Waals surface area contributed by atoms with Crippen LogP contribution in [-0.2, 0) is 13.0 Å².